The molecule has 1 atom stereocenters. The molecule has 4 aromatic carbocycles. The van der Waals surface area contributed by atoms with Crippen molar-refractivity contribution in [2.24, 2.45) is 0 Å². The summed E-state index contributed by atoms with van der Waals surface area (Å²) in [7, 11) is 1.14. The molecule has 5 N–H and O–H groups in total. The first-order valence-corrected chi connectivity index (χ1v) is 18.6. The summed E-state index contributed by atoms with van der Waals surface area (Å²) in [6.45, 7) is 0.217. The number of amides is 3. The Balaban J connectivity index is 1.04. The van der Waals surface area contributed by atoms with Crippen LogP contribution < -0.4 is 31.3 Å². The zero-order valence-corrected chi connectivity index (χ0v) is 32.4. The maximum atomic E-state index is 13.2. The maximum absolute atomic E-state index is 13.2. The van der Waals surface area contributed by atoms with E-state index in [4.69, 9.17) is 21.1 Å². The van der Waals surface area contributed by atoms with E-state index in [0.29, 0.717) is 29.2 Å². The highest BCUT2D eigenvalue weighted by Crippen LogP contribution is 2.48. The van der Waals surface area contributed by atoms with Gasteiger partial charge in [-0.1, -0.05) is 60.1 Å². The predicted octanol–water partition coefficient (Wildman–Crippen LogP) is 6.70. The summed E-state index contributed by atoms with van der Waals surface area (Å²) in [4.78, 5) is 63.2. The van der Waals surface area contributed by atoms with Gasteiger partial charge in [0.1, 0.15) is 6.04 Å². The van der Waals surface area contributed by atoms with Crippen molar-refractivity contribution in [2.75, 3.05) is 36.2 Å². The SMILES string of the molecule is COC(=O)[C@H](CCNC(=O)C(=O)Nc1ccc(-c2ccccc2C)cc1)NC(=O)c1ccc(Nc2nc(NC3(c4ccc(Cl)cc4)CC3)nc(OCC(F)(F)F)n2)cc1. The molecule has 59 heavy (non-hydrogen) atoms. The molecule has 5 aromatic rings. The van der Waals surface area contributed by atoms with Gasteiger partial charge in [0.15, 0.2) is 6.61 Å². The van der Waals surface area contributed by atoms with Crippen molar-refractivity contribution in [3.05, 3.63) is 119 Å². The zero-order valence-electron chi connectivity index (χ0n) is 31.7. The summed E-state index contributed by atoms with van der Waals surface area (Å²) in [6, 6.07) is 26.1. The Hall–Kier alpha value is -6.75. The number of aromatic nitrogens is 3. The molecule has 1 aromatic heterocycles. The van der Waals surface area contributed by atoms with Crippen LogP contribution in [0.3, 0.4) is 0 Å². The molecule has 0 unspecified atom stereocenters. The molecule has 0 saturated heterocycles. The van der Waals surface area contributed by atoms with Crippen molar-refractivity contribution >= 4 is 58.6 Å². The van der Waals surface area contributed by atoms with E-state index in [2.05, 4.69) is 41.5 Å². The molecule has 306 valence electrons. The molecule has 0 radical (unpaired) electrons. The highest BCUT2D eigenvalue weighted by atomic mass is 35.5. The van der Waals surface area contributed by atoms with Crippen molar-refractivity contribution in [3.8, 4) is 17.1 Å². The number of rotatable bonds is 15. The minimum absolute atomic E-state index is 0.0299. The number of aryl methyl sites for hydroxylation is 1. The third kappa shape index (κ3) is 11.4. The predicted molar refractivity (Wildman–Crippen MR) is 213 cm³/mol. The standard InChI is InChI=1S/C41H38ClF3N8O6/c1-24-5-3-4-6-31(24)25-7-15-29(16-8-25)47-35(56)34(55)46-22-19-32(36(57)58-2)49-33(54)26-9-17-30(18-10-26)48-37-50-38(52-39(51-37)59-23-41(43,44)45)53-40(20-21-40)27-11-13-28(42)14-12-27/h3-18,32H,19-23H2,1-2H3,(H,46,55)(H,47,56)(H,49,54)(H2,48,50,51,52,53)/t32-/m0/s1. The average molecular weight is 831 g/mol. The molecule has 1 saturated carbocycles. The molecule has 14 nitrogen and oxygen atoms in total. The maximum Gasteiger partial charge on any atom is 0.422 e. The summed E-state index contributed by atoms with van der Waals surface area (Å²) in [6.07, 6.45) is -3.33. The Kier molecular flexibility index (Phi) is 12.9. The first-order chi connectivity index (χ1) is 28.2. The molecule has 1 fully saturated rings. The van der Waals surface area contributed by atoms with Crippen molar-refractivity contribution in [1.29, 1.82) is 0 Å². The van der Waals surface area contributed by atoms with Gasteiger partial charge in [0.25, 0.3) is 5.91 Å². The molecule has 3 amide bonds. The lowest BCUT2D eigenvalue weighted by Gasteiger charge is -2.19. The molecule has 0 aliphatic heterocycles. The Morgan fingerprint density at radius 3 is 2.14 bits per heavy atom. The van der Waals surface area contributed by atoms with Crippen LogP contribution in [0.2, 0.25) is 5.02 Å². The van der Waals surface area contributed by atoms with Crippen molar-refractivity contribution in [1.82, 2.24) is 25.6 Å². The Labute approximate surface area is 341 Å². The van der Waals surface area contributed by atoms with Gasteiger partial charge in [-0.3, -0.25) is 14.4 Å². The minimum Gasteiger partial charge on any atom is -0.467 e. The number of nitrogens with one attached hydrogen (secondary N) is 5. The lowest BCUT2D eigenvalue weighted by Crippen LogP contribution is -2.44. The molecule has 1 aliphatic carbocycles. The van der Waals surface area contributed by atoms with Crippen LogP contribution in [0.5, 0.6) is 6.01 Å². The third-order valence-electron chi connectivity index (χ3n) is 9.20. The van der Waals surface area contributed by atoms with E-state index in [9.17, 15) is 32.3 Å². The van der Waals surface area contributed by atoms with Gasteiger partial charge < -0.3 is 36.1 Å². The highest BCUT2D eigenvalue weighted by molar-refractivity contribution is 6.39. The number of anilines is 4. The molecule has 1 aliphatic rings. The number of esters is 1. The number of ether oxygens (including phenoxy) is 2. The van der Waals surface area contributed by atoms with E-state index in [-0.39, 0.29) is 30.4 Å². The fourth-order valence-corrected chi connectivity index (χ4v) is 6.09. The number of hydrogen-bond donors (Lipinski definition) is 5. The van der Waals surface area contributed by atoms with Gasteiger partial charge in [-0.15, -0.1) is 0 Å². The topological polar surface area (TPSA) is 186 Å². The number of halogens is 4. The Morgan fingerprint density at radius 2 is 1.49 bits per heavy atom. The molecule has 0 bridgehead atoms. The van der Waals surface area contributed by atoms with Crippen LogP contribution in [0.25, 0.3) is 11.1 Å². The van der Waals surface area contributed by atoms with E-state index in [0.717, 1.165) is 29.4 Å². The number of alkyl halides is 3. The normalized spacial score (nSPS) is 13.3. The van der Waals surface area contributed by atoms with Gasteiger partial charge >= 0.3 is 30.0 Å². The van der Waals surface area contributed by atoms with Crippen LogP contribution in [0, 0.1) is 6.92 Å². The van der Waals surface area contributed by atoms with E-state index < -0.39 is 54.1 Å². The summed E-state index contributed by atoms with van der Waals surface area (Å²) in [5.41, 5.74) is 4.31. The second kappa shape index (κ2) is 18.2. The van der Waals surface area contributed by atoms with Crippen LogP contribution in [0.1, 0.15) is 40.7 Å². The van der Waals surface area contributed by atoms with Crippen molar-refractivity contribution in [3.63, 3.8) is 0 Å². The van der Waals surface area contributed by atoms with Gasteiger partial charge in [-0.2, -0.15) is 28.1 Å². The fourth-order valence-electron chi connectivity index (χ4n) is 5.97. The lowest BCUT2D eigenvalue weighted by molar-refractivity contribution is -0.154. The Morgan fingerprint density at radius 1 is 0.831 bits per heavy atom. The minimum atomic E-state index is -4.64. The first kappa shape index (κ1) is 41.9. The zero-order chi connectivity index (χ0) is 42.2. The highest BCUT2D eigenvalue weighted by Gasteiger charge is 2.45. The number of carbonyl (C=O) groups excluding carboxylic acids is 4. The molecular weight excluding hydrogens is 793 g/mol. The number of nitrogens with zero attached hydrogens (tertiary/aromatic N) is 3. The molecular formula is C41H38ClF3N8O6. The van der Waals surface area contributed by atoms with Gasteiger partial charge in [-0.05, 0) is 97.0 Å². The number of benzene rings is 4. The van der Waals surface area contributed by atoms with Crippen LogP contribution >= 0.6 is 11.6 Å². The molecule has 18 heteroatoms. The number of hydrogen-bond acceptors (Lipinski definition) is 11. The lowest BCUT2D eigenvalue weighted by atomic mass is 10.0. The second-order valence-corrected chi connectivity index (χ2v) is 14.0. The van der Waals surface area contributed by atoms with Crippen LogP contribution in [-0.2, 0) is 24.7 Å². The summed E-state index contributed by atoms with van der Waals surface area (Å²) < 4.78 is 48.6. The monoisotopic (exact) mass is 830 g/mol. The second-order valence-electron chi connectivity index (χ2n) is 13.5. The number of carbonyl (C=O) groups is 4. The van der Waals surface area contributed by atoms with Gasteiger partial charge in [0, 0.05) is 28.5 Å². The summed E-state index contributed by atoms with van der Waals surface area (Å²) in [5.74, 6) is -3.47. The molecule has 1 heterocycles. The quantitative estimate of drug-likeness (QED) is 0.0559. The Bertz CT molecular complexity index is 2310. The fraction of sp³-hybridized carbons (Fsp3) is 0.244. The van der Waals surface area contributed by atoms with Gasteiger partial charge in [0.2, 0.25) is 11.9 Å². The van der Waals surface area contributed by atoms with E-state index in [1.54, 1.807) is 24.3 Å². The van der Waals surface area contributed by atoms with Gasteiger partial charge in [0.05, 0.1) is 12.6 Å². The van der Waals surface area contributed by atoms with Crippen molar-refractivity contribution < 1.29 is 41.8 Å². The summed E-state index contributed by atoms with van der Waals surface area (Å²) in [5, 5.41) is 14.2. The van der Waals surface area contributed by atoms with E-state index in [1.807, 2.05) is 55.5 Å². The molecule has 6 rings (SSSR count). The smallest absolute Gasteiger partial charge is 0.422 e. The largest absolute Gasteiger partial charge is 0.467 e. The first-order valence-electron chi connectivity index (χ1n) is 18.2. The molecule has 0 spiro atoms. The summed E-state index contributed by atoms with van der Waals surface area (Å²) >= 11 is 6.04. The van der Waals surface area contributed by atoms with Crippen molar-refractivity contribution in [2.45, 2.75) is 43.9 Å². The van der Waals surface area contributed by atoms with Crippen LogP contribution in [0.15, 0.2) is 97.1 Å². The van der Waals surface area contributed by atoms with Gasteiger partial charge in [-0.25, -0.2) is 4.79 Å². The van der Waals surface area contributed by atoms with Crippen LogP contribution in [-0.4, -0.2) is 71.1 Å². The number of methoxy groups -OCH3 is 1. The van der Waals surface area contributed by atoms with E-state index in [1.165, 1.54) is 24.3 Å². The third-order valence-corrected chi connectivity index (χ3v) is 9.45. The van der Waals surface area contributed by atoms with E-state index >= 15 is 0 Å². The van der Waals surface area contributed by atoms with Crippen LogP contribution in [0.4, 0.5) is 36.4 Å². The average Bonchev–Trinajstić information content (AvgIpc) is 4.00.